The molecule has 1 amide bonds. The Kier molecular flexibility index (Phi) is 3.93. The normalized spacial score (nSPS) is 10.8. The zero-order valence-corrected chi connectivity index (χ0v) is 14.5. The number of hydrogen-bond acceptors (Lipinski definition) is 4. The van der Waals surface area contributed by atoms with Crippen molar-refractivity contribution in [1.82, 2.24) is 19.7 Å². The van der Waals surface area contributed by atoms with Crippen LogP contribution in [0.3, 0.4) is 0 Å². The fourth-order valence-electron chi connectivity index (χ4n) is 3.01. The minimum Gasteiger partial charge on any atom is -0.322 e. The molecule has 0 aliphatic carbocycles. The number of carbonyl (C=O) groups is 1. The van der Waals surface area contributed by atoms with Crippen molar-refractivity contribution in [2.75, 3.05) is 5.32 Å². The van der Waals surface area contributed by atoms with Crippen LogP contribution in [0.4, 0.5) is 5.69 Å². The molecule has 0 bridgehead atoms. The van der Waals surface area contributed by atoms with Crippen molar-refractivity contribution < 1.29 is 4.79 Å². The van der Waals surface area contributed by atoms with Gasteiger partial charge in [0, 0.05) is 30.7 Å². The number of fused-ring (bicyclic) bond motifs is 1. The van der Waals surface area contributed by atoms with E-state index < -0.39 is 0 Å². The Hall–Kier alpha value is -3.54. The molecule has 26 heavy (non-hydrogen) atoms. The minimum atomic E-state index is -0.197. The van der Waals surface area contributed by atoms with Crippen LogP contribution >= 0.6 is 0 Å². The number of carbonyl (C=O) groups excluding carboxylic acids is 1. The third-order valence-corrected chi connectivity index (χ3v) is 4.22. The number of pyridine rings is 2. The molecule has 128 valence electrons. The molecule has 3 aromatic heterocycles. The first kappa shape index (κ1) is 16.0. The van der Waals surface area contributed by atoms with Gasteiger partial charge in [-0.25, -0.2) is 4.98 Å². The summed E-state index contributed by atoms with van der Waals surface area (Å²) < 4.78 is 1.71. The van der Waals surface area contributed by atoms with Crippen LogP contribution in [-0.4, -0.2) is 25.7 Å². The van der Waals surface area contributed by atoms with Crippen molar-refractivity contribution in [3.8, 4) is 11.3 Å². The van der Waals surface area contributed by atoms with Crippen molar-refractivity contribution in [1.29, 1.82) is 0 Å². The number of amides is 1. The van der Waals surface area contributed by atoms with Gasteiger partial charge in [0.15, 0.2) is 5.65 Å². The molecule has 0 aliphatic rings. The lowest BCUT2D eigenvalue weighted by molar-refractivity contribution is 0.102. The van der Waals surface area contributed by atoms with Crippen LogP contribution in [0.25, 0.3) is 22.3 Å². The minimum absolute atomic E-state index is 0.197. The van der Waals surface area contributed by atoms with Crippen LogP contribution < -0.4 is 5.32 Å². The van der Waals surface area contributed by atoms with Gasteiger partial charge in [-0.3, -0.25) is 14.5 Å². The summed E-state index contributed by atoms with van der Waals surface area (Å²) in [5, 5.41) is 8.12. The molecular weight excluding hydrogens is 326 g/mol. The second kappa shape index (κ2) is 6.40. The van der Waals surface area contributed by atoms with Crippen LogP contribution in [0.2, 0.25) is 0 Å². The average Bonchev–Trinajstić information content (AvgIpc) is 2.96. The Labute approximate surface area is 150 Å². The molecule has 0 radical (unpaired) electrons. The largest absolute Gasteiger partial charge is 0.322 e. The summed E-state index contributed by atoms with van der Waals surface area (Å²) >= 11 is 0. The maximum absolute atomic E-state index is 13.0. The molecule has 0 spiro atoms. The monoisotopic (exact) mass is 343 g/mol. The first-order chi connectivity index (χ1) is 12.6. The highest BCUT2D eigenvalue weighted by molar-refractivity contribution is 6.13. The summed E-state index contributed by atoms with van der Waals surface area (Å²) in [6, 6.07) is 15.1. The van der Waals surface area contributed by atoms with Crippen LogP contribution in [0.5, 0.6) is 0 Å². The molecule has 3 heterocycles. The maximum atomic E-state index is 13.0. The Balaban J connectivity index is 1.88. The van der Waals surface area contributed by atoms with E-state index in [0.29, 0.717) is 16.9 Å². The molecule has 0 saturated carbocycles. The summed E-state index contributed by atoms with van der Waals surface area (Å²) in [7, 11) is 1.83. The van der Waals surface area contributed by atoms with Crippen LogP contribution in [0.15, 0.2) is 60.9 Å². The van der Waals surface area contributed by atoms with Crippen LogP contribution in [-0.2, 0) is 7.05 Å². The van der Waals surface area contributed by atoms with E-state index in [4.69, 9.17) is 4.98 Å². The lowest BCUT2D eigenvalue weighted by Gasteiger charge is -2.09. The van der Waals surface area contributed by atoms with E-state index in [2.05, 4.69) is 15.4 Å². The predicted molar refractivity (Wildman–Crippen MR) is 101 cm³/mol. The Morgan fingerprint density at radius 1 is 1.08 bits per heavy atom. The highest BCUT2D eigenvalue weighted by Crippen LogP contribution is 2.27. The summed E-state index contributed by atoms with van der Waals surface area (Å²) in [5.41, 5.74) is 4.39. The predicted octanol–water partition coefficient (Wildman–Crippen LogP) is 3.59. The third-order valence-electron chi connectivity index (χ3n) is 4.22. The van der Waals surface area contributed by atoms with Gasteiger partial charge in [0.2, 0.25) is 0 Å². The molecule has 0 aliphatic heterocycles. The van der Waals surface area contributed by atoms with E-state index in [1.54, 1.807) is 29.2 Å². The standard InChI is InChI=1S/C20H17N5O/c1-13-18-16(20(26)22-15-8-10-21-11-9-15)12-17(14-6-4-3-5-7-14)23-19(18)25(2)24-13/h3-12H,1-2H3,(H,21,22,26). The number of nitrogens with one attached hydrogen (secondary N) is 1. The van der Waals surface area contributed by atoms with Gasteiger partial charge in [-0.15, -0.1) is 0 Å². The second-order valence-electron chi connectivity index (χ2n) is 6.02. The molecule has 0 fully saturated rings. The van der Waals surface area contributed by atoms with Crippen molar-refractivity contribution in [2.45, 2.75) is 6.92 Å². The quantitative estimate of drug-likeness (QED) is 0.617. The van der Waals surface area contributed by atoms with E-state index in [1.807, 2.05) is 50.4 Å². The second-order valence-corrected chi connectivity index (χ2v) is 6.02. The molecule has 0 saturated heterocycles. The highest BCUT2D eigenvalue weighted by Gasteiger charge is 2.19. The summed E-state index contributed by atoms with van der Waals surface area (Å²) in [6.07, 6.45) is 3.28. The molecular formula is C20H17N5O. The highest BCUT2D eigenvalue weighted by atomic mass is 16.1. The number of nitrogens with zero attached hydrogens (tertiary/aromatic N) is 4. The van der Waals surface area contributed by atoms with Gasteiger partial charge in [-0.1, -0.05) is 30.3 Å². The molecule has 6 nitrogen and oxygen atoms in total. The fraction of sp³-hybridized carbons (Fsp3) is 0.100. The van der Waals surface area contributed by atoms with Crippen molar-refractivity contribution >= 4 is 22.6 Å². The number of benzene rings is 1. The summed E-state index contributed by atoms with van der Waals surface area (Å²) in [6.45, 7) is 1.88. The van der Waals surface area contributed by atoms with E-state index in [0.717, 1.165) is 22.3 Å². The molecule has 0 unspecified atom stereocenters. The SMILES string of the molecule is Cc1nn(C)c2nc(-c3ccccc3)cc(C(=O)Nc3ccncc3)c12. The van der Waals surface area contributed by atoms with E-state index in [9.17, 15) is 4.79 Å². The van der Waals surface area contributed by atoms with Gasteiger partial charge in [-0.2, -0.15) is 5.10 Å². The summed E-state index contributed by atoms with van der Waals surface area (Å²) in [5.74, 6) is -0.197. The number of aromatic nitrogens is 4. The molecule has 0 atom stereocenters. The Bertz CT molecular complexity index is 1090. The Morgan fingerprint density at radius 3 is 2.54 bits per heavy atom. The van der Waals surface area contributed by atoms with Gasteiger partial charge in [0.1, 0.15) is 0 Å². The molecule has 1 aromatic carbocycles. The lowest BCUT2D eigenvalue weighted by atomic mass is 10.0. The first-order valence-corrected chi connectivity index (χ1v) is 8.24. The van der Waals surface area contributed by atoms with Crippen molar-refractivity contribution in [2.24, 2.45) is 7.05 Å². The topological polar surface area (TPSA) is 72.7 Å². The smallest absolute Gasteiger partial charge is 0.256 e. The average molecular weight is 343 g/mol. The van der Waals surface area contributed by atoms with E-state index in [1.165, 1.54) is 0 Å². The number of aryl methyl sites for hydroxylation is 2. The van der Waals surface area contributed by atoms with Gasteiger partial charge in [0.05, 0.1) is 22.3 Å². The van der Waals surface area contributed by atoms with Crippen molar-refractivity contribution in [3.05, 3.63) is 72.2 Å². The molecule has 4 aromatic rings. The number of hydrogen-bond donors (Lipinski definition) is 1. The third kappa shape index (κ3) is 2.82. The number of anilines is 1. The maximum Gasteiger partial charge on any atom is 0.256 e. The zero-order chi connectivity index (χ0) is 18.1. The van der Waals surface area contributed by atoms with Gasteiger partial charge in [0.25, 0.3) is 5.91 Å². The van der Waals surface area contributed by atoms with Gasteiger partial charge >= 0.3 is 0 Å². The van der Waals surface area contributed by atoms with E-state index >= 15 is 0 Å². The van der Waals surface area contributed by atoms with E-state index in [-0.39, 0.29) is 5.91 Å². The number of rotatable bonds is 3. The van der Waals surface area contributed by atoms with Gasteiger partial charge < -0.3 is 5.32 Å². The Morgan fingerprint density at radius 2 is 1.81 bits per heavy atom. The van der Waals surface area contributed by atoms with Crippen LogP contribution in [0, 0.1) is 6.92 Å². The summed E-state index contributed by atoms with van der Waals surface area (Å²) in [4.78, 5) is 21.7. The fourth-order valence-corrected chi connectivity index (χ4v) is 3.01. The first-order valence-electron chi connectivity index (χ1n) is 8.24. The molecule has 1 N–H and O–H groups in total. The molecule has 4 rings (SSSR count). The zero-order valence-electron chi connectivity index (χ0n) is 14.5. The van der Waals surface area contributed by atoms with Crippen molar-refractivity contribution in [3.63, 3.8) is 0 Å². The lowest BCUT2D eigenvalue weighted by Crippen LogP contribution is -2.13. The van der Waals surface area contributed by atoms with Crippen LogP contribution in [0.1, 0.15) is 16.1 Å². The van der Waals surface area contributed by atoms with Gasteiger partial charge in [-0.05, 0) is 25.1 Å². The molecule has 6 heteroatoms.